The van der Waals surface area contributed by atoms with E-state index in [1.807, 2.05) is 0 Å². The summed E-state index contributed by atoms with van der Waals surface area (Å²) in [7, 11) is 0. The smallest absolute Gasteiger partial charge is 0.220 e. The van der Waals surface area contributed by atoms with Gasteiger partial charge in [0.05, 0.1) is 0 Å². The van der Waals surface area contributed by atoms with Gasteiger partial charge in [-0.3, -0.25) is 4.79 Å². The van der Waals surface area contributed by atoms with Gasteiger partial charge in [-0.2, -0.15) is 0 Å². The zero-order chi connectivity index (χ0) is 13.8. The molecule has 2 fully saturated rings. The van der Waals surface area contributed by atoms with Crippen LogP contribution in [0.15, 0.2) is 0 Å². The minimum absolute atomic E-state index is 0.0815. The highest BCUT2D eigenvalue weighted by Gasteiger charge is 2.61. The van der Waals surface area contributed by atoms with Crippen LogP contribution in [0.25, 0.3) is 0 Å². The van der Waals surface area contributed by atoms with E-state index >= 15 is 0 Å². The lowest BCUT2D eigenvalue weighted by Crippen LogP contribution is -2.47. The molecule has 0 heterocycles. The Bertz CT molecular complexity index is 353. The van der Waals surface area contributed by atoms with Crippen LogP contribution < -0.4 is 5.32 Å². The van der Waals surface area contributed by atoms with Gasteiger partial charge in [-0.25, -0.2) is 0 Å². The lowest BCUT2D eigenvalue weighted by atomic mass is 9.69. The highest BCUT2D eigenvalue weighted by molar-refractivity contribution is 5.77. The zero-order valence-electron chi connectivity index (χ0n) is 12.9. The Morgan fingerprint density at radius 2 is 1.89 bits per heavy atom. The molecular formula is C16H29NO. The van der Waals surface area contributed by atoms with Crippen molar-refractivity contribution in [3.63, 3.8) is 0 Å². The Labute approximate surface area is 112 Å². The minimum atomic E-state index is 0.0815. The summed E-state index contributed by atoms with van der Waals surface area (Å²) in [6.07, 6.45) is 4.42. The van der Waals surface area contributed by atoms with Crippen LogP contribution in [0.2, 0.25) is 0 Å². The van der Waals surface area contributed by atoms with Gasteiger partial charge in [-0.15, -0.1) is 0 Å². The molecule has 0 spiro atoms. The van der Waals surface area contributed by atoms with Gasteiger partial charge >= 0.3 is 0 Å². The first-order valence-electron chi connectivity index (χ1n) is 7.36. The predicted octanol–water partition coefficient (Wildman–Crippen LogP) is 3.75. The number of carbonyl (C=O) groups is 1. The average Bonchev–Trinajstić information content (AvgIpc) is 2.47. The second-order valence-electron chi connectivity index (χ2n) is 8.47. The maximum atomic E-state index is 12.1. The largest absolute Gasteiger partial charge is 0.353 e. The van der Waals surface area contributed by atoms with Crippen LogP contribution in [0.5, 0.6) is 0 Å². The number of fused-ring (bicyclic) bond motifs is 2. The van der Waals surface area contributed by atoms with E-state index in [1.165, 1.54) is 19.3 Å². The molecule has 0 aromatic heterocycles. The van der Waals surface area contributed by atoms with Gasteiger partial charge in [-0.1, -0.05) is 41.5 Å². The lowest BCUT2D eigenvalue weighted by molar-refractivity contribution is -0.124. The Morgan fingerprint density at radius 1 is 1.28 bits per heavy atom. The van der Waals surface area contributed by atoms with Crippen molar-refractivity contribution in [1.29, 1.82) is 0 Å². The van der Waals surface area contributed by atoms with Gasteiger partial charge < -0.3 is 5.32 Å². The number of amides is 1. The molecule has 0 aromatic rings. The number of nitrogens with one attached hydrogen (secondary N) is 1. The molecule has 2 saturated carbocycles. The van der Waals surface area contributed by atoms with E-state index in [2.05, 4.69) is 46.9 Å². The molecule has 2 rings (SSSR count). The summed E-state index contributed by atoms with van der Waals surface area (Å²) in [6, 6.07) is 0.390. The highest BCUT2D eigenvalue weighted by Crippen LogP contribution is 2.65. The van der Waals surface area contributed by atoms with Crippen molar-refractivity contribution < 1.29 is 4.79 Å². The van der Waals surface area contributed by atoms with Gasteiger partial charge in [0.25, 0.3) is 0 Å². The molecule has 0 saturated heterocycles. The lowest BCUT2D eigenvalue weighted by Gasteiger charge is -2.39. The van der Waals surface area contributed by atoms with Gasteiger partial charge in [0.2, 0.25) is 5.91 Å². The number of hydrogen-bond acceptors (Lipinski definition) is 1. The summed E-state index contributed by atoms with van der Waals surface area (Å²) >= 11 is 0. The van der Waals surface area contributed by atoms with E-state index in [0.29, 0.717) is 23.3 Å². The molecule has 3 atom stereocenters. The maximum Gasteiger partial charge on any atom is 0.220 e. The van der Waals surface area contributed by atoms with Crippen molar-refractivity contribution in [3.8, 4) is 0 Å². The van der Waals surface area contributed by atoms with Crippen molar-refractivity contribution in [2.75, 3.05) is 0 Å². The van der Waals surface area contributed by atoms with Crippen LogP contribution in [-0.2, 0) is 4.79 Å². The molecule has 104 valence electrons. The van der Waals surface area contributed by atoms with Crippen molar-refractivity contribution in [1.82, 2.24) is 5.32 Å². The Kier molecular flexibility index (Phi) is 3.07. The van der Waals surface area contributed by atoms with Crippen LogP contribution in [0.1, 0.15) is 67.2 Å². The molecule has 2 aliphatic rings. The monoisotopic (exact) mass is 251 g/mol. The summed E-state index contributed by atoms with van der Waals surface area (Å²) in [5.41, 5.74) is 0.760. The van der Waals surface area contributed by atoms with Gasteiger partial charge in [0, 0.05) is 12.5 Å². The quantitative estimate of drug-likeness (QED) is 0.795. The minimum Gasteiger partial charge on any atom is -0.353 e. The predicted molar refractivity (Wildman–Crippen MR) is 75.2 cm³/mol. The van der Waals surface area contributed by atoms with Crippen LogP contribution in [0.4, 0.5) is 0 Å². The third kappa shape index (κ3) is 2.08. The van der Waals surface area contributed by atoms with Crippen LogP contribution in [0, 0.1) is 22.2 Å². The summed E-state index contributed by atoms with van der Waals surface area (Å²) in [6.45, 7) is 13.5. The normalized spacial score (nSPS) is 37.9. The second-order valence-corrected chi connectivity index (χ2v) is 8.47. The fourth-order valence-corrected chi connectivity index (χ4v) is 4.15. The van der Waals surface area contributed by atoms with Crippen LogP contribution >= 0.6 is 0 Å². The van der Waals surface area contributed by atoms with E-state index in [4.69, 9.17) is 0 Å². The fraction of sp³-hybridized carbons (Fsp3) is 0.938. The topological polar surface area (TPSA) is 29.1 Å². The zero-order valence-corrected chi connectivity index (χ0v) is 12.9. The summed E-state index contributed by atoms with van der Waals surface area (Å²) in [4.78, 5) is 12.1. The summed E-state index contributed by atoms with van der Waals surface area (Å²) in [5, 5.41) is 3.32. The van der Waals surface area contributed by atoms with Gasteiger partial charge in [-0.05, 0) is 41.4 Å². The number of hydrogen-bond donors (Lipinski definition) is 1. The van der Waals surface area contributed by atoms with E-state index in [-0.39, 0.29) is 11.3 Å². The molecule has 0 aliphatic heterocycles. The summed E-state index contributed by atoms with van der Waals surface area (Å²) < 4.78 is 0. The highest BCUT2D eigenvalue weighted by atomic mass is 16.1. The molecular weight excluding hydrogens is 222 g/mol. The van der Waals surface area contributed by atoms with E-state index in [9.17, 15) is 4.79 Å². The van der Waals surface area contributed by atoms with E-state index in [1.54, 1.807) is 0 Å². The third-order valence-electron chi connectivity index (χ3n) is 5.82. The molecule has 2 heteroatoms. The maximum absolute atomic E-state index is 12.1. The molecule has 1 amide bonds. The Balaban J connectivity index is 2.03. The molecule has 0 radical (unpaired) electrons. The molecule has 18 heavy (non-hydrogen) atoms. The summed E-state index contributed by atoms with van der Waals surface area (Å²) in [5.74, 6) is 1.03. The first-order chi connectivity index (χ1) is 8.06. The molecule has 2 nitrogen and oxygen atoms in total. The molecule has 0 aromatic carbocycles. The first-order valence-corrected chi connectivity index (χ1v) is 7.36. The van der Waals surface area contributed by atoms with Crippen molar-refractivity contribution in [2.24, 2.45) is 22.2 Å². The van der Waals surface area contributed by atoms with Gasteiger partial charge in [0.15, 0.2) is 0 Å². The fourth-order valence-electron chi connectivity index (χ4n) is 4.15. The van der Waals surface area contributed by atoms with Gasteiger partial charge in [0.1, 0.15) is 0 Å². The van der Waals surface area contributed by atoms with Crippen molar-refractivity contribution in [3.05, 3.63) is 0 Å². The second kappa shape index (κ2) is 3.98. The van der Waals surface area contributed by atoms with Crippen molar-refractivity contribution in [2.45, 2.75) is 73.3 Å². The Morgan fingerprint density at radius 3 is 2.28 bits per heavy atom. The SMILES string of the molecule is CC(C)(C)CC(=O)NC1CC2CCC1(C)C2(C)C. The molecule has 2 aliphatic carbocycles. The average molecular weight is 251 g/mol. The molecule has 2 bridgehead atoms. The number of rotatable bonds is 2. The van der Waals surface area contributed by atoms with E-state index < -0.39 is 0 Å². The van der Waals surface area contributed by atoms with Crippen LogP contribution in [0.3, 0.4) is 0 Å². The van der Waals surface area contributed by atoms with E-state index in [0.717, 1.165) is 5.92 Å². The molecule has 3 unspecified atom stereocenters. The standard InChI is InChI=1S/C16H29NO/c1-14(2,3)10-13(18)17-12-9-11-7-8-16(12,6)15(11,4)5/h11-12H,7-10H2,1-6H3,(H,17,18). The first kappa shape index (κ1) is 13.9. The number of carbonyl (C=O) groups excluding carboxylic acids is 1. The third-order valence-corrected chi connectivity index (χ3v) is 5.82. The van der Waals surface area contributed by atoms with Crippen LogP contribution in [-0.4, -0.2) is 11.9 Å². The Hall–Kier alpha value is -0.530. The molecule has 1 N–H and O–H groups in total. The van der Waals surface area contributed by atoms with Crippen molar-refractivity contribution >= 4 is 5.91 Å².